The number of hydrogen-bond acceptors (Lipinski definition) is 4. The van der Waals surface area contributed by atoms with Crippen LogP contribution in [0.2, 0.25) is 0 Å². The highest BCUT2D eigenvalue weighted by Gasteiger charge is 2.35. The van der Waals surface area contributed by atoms with Crippen molar-refractivity contribution >= 4 is 23.5 Å². The van der Waals surface area contributed by atoms with Gasteiger partial charge in [0.15, 0.2) is 5.78 Å². The summed E-state index contributed by atoms with van der Waals surface area (Å²) < 4.78 is 4.93. The van der Waals surface area contributed by atoms with Gasteiger partial charge in [-0.25, -0.2) is 0 Å². The molecule has 0 saturated carbocycles. The van der Waals surface area contributed by atoms with Gasteiger partial charge in [0, 0.05) is 5.56 Å². The Bertz CT molecular complexity index is 740. The van der Waals surface area contributed by atoms with Crippen molar-refractivity contribution in [3.05, 3.63) is 70.8 Å². The largest absolute Gasteiger partial charge is 0.468 e. The molecule has 3 rings (SSSR count). The molecule has 2 aromatic carbocycles. The molecule has 2 unspecified atom stereocenters. The molecule has 2 atom stereocenters. The summed E-state index contributed by atoms with van der Waals surface area (Å²) in [5.74, 6) is -0.219. The van der Waals surface area contributed by atoms with E-state index in [1.807, 2.05) is 55.5 Å². The number of hydrogen-bond donors (Lipinski definition) is 0. The van der Waals surface area contributed by atoms with Crippen LogP contribution in [0.3, 0.4) is 0 Å². The Balaban J connectivity index is 2.09. The highest BCUT2D eigenvalue weighted by molar-refractivity contribution is 8.01. The molecule has 3 nitrogen and oxygen atoms in total. The predicted molar refractivity (Wildman–Crippen MR) is 91.8 cm³/mol. The van der Waals surface area contributed by atoms with Crippen molar-refractivity contribution in [2.45, 2.75) is 23.8 Å². The van der Waals surface area contributed by atoms with E-state index >= 15 is 0 Å². The van der Waals surface area contributed by atoms with Crippen molar-refractivity contribution in [3.63, 3.8) is 0 Å². The minimum Gasteiger partial charge on any atom is -0.468 e. The molecular weight excluding hydrogens is 308 g/mol. The molecule has 4 heteroatoms. The van der Waals surface area contributed by atoms with E-state index in [1.54, 1.807) is 0 Å². The summed E-state index contributed by atoms with van der Waals surface area (Å²) in [6.07, 6.45) is 0.516. The number of thioether (sulfide) groups is 1. The maximum absolute atomic E-state index is 13.1. The van der Waals surface area contributed by atoms with Gasteiger partial charge >= 0.3 is 5.97 Å². The maximum Gasteiger partial charge on any atom is 0.319 e. The molecule has 0 N–H and O–H groups in total. The van der Waals surface area contributed by atoms with Gasteiger partial charge in [-0.3, -0.25) is 9.59 Å². The first kappa shape index (κ1) is 15.8. The van der Waals surface area contributed by atoms with Gasteiger partial charge in [0.25, 0.3) is 0 Å². The Morgan fingerprint density at radius 2 is 1.91 bits per heavy atom. The standard InChI is InChI=1S/C19H18O3S/c1-12-8-9-14-11-16(19(21)22-2)23-18(17(20)15(14)10-12)13-6-4-3-5-7-13/h3-10,16,18H,11H2,1-2H3. The smallest absolute Gasteiger partial charge is 0.319 e. The SMILES string of the molecule is COC(=O)C1Cc2ccc(C)cc2C(=O)C(c2ccccc2)S1. The molecule has 0 saturated heterocycles. The van der Waals surface area contributed by atoms with Crippen LogP contribution in [0, 0.1) is 6.92 Å². The number of carbonyl (C=O) groups is 2. The number of benzene rings is 2. The van der Waals surface area contributed by atoms with Crippen molar-refractivity contribution < 1.29 is 14.3 Å². The lowest BCUT2D eigenvalue weighted by atomic mass is 9.94. The molecule has 0 bridgehead atoms. The van der Waals surface area contributed by atoms with Crippen molar-refractivity contribution in [1.82, 2.24) is 0 Å². The summed E-state index contributed by atoms with van der Waals surface area (Å²) in [6, 6.07) is 15.5. The molecule has 0 fully saturated rings. The normalized spacial score (nSPS) is 20.5. The molecule has 0 aromatic heterocycles. The second-order valence-electron chi connectivity index (χ2n) is 5.67. The minimum absolute atomic E-state index is 0.0614. The fourth-order valence-corrected chi connectivity index (χ4v) is 4.22. The lowest BCUT2D eigenvalue weighted by molar-refractivity contribution is -0.139. The number of ketones is 1. The quantitative estimate of drug-likeness (QED) is 0.788. The molecule has 118 valence electrons. The van der Waals surface area contributed by atoms with E-state index < -0.39 is 0 Å². The Morgan fingerprint density at radius 1 is 1.17 bits per heavy atom. The summed E-state index contributed by atoms with van der Waals surface area (Å²) in [5, 5.41) is -0.763. The van der Waals surface area contributed by atoms with Crippen molar-refractivity contribution in [2.75, 3.05) is 7.11 Å². The summed E-state index contributed by atoms with van der Waals surface area (Å²) in [4.78, 5) is 25.2. The number of rotatable bonds is 2. The summed E-state index contributed by atoms with van der Waals surface area (Å²) in [7, 11) is 1.39. The molecule has 23 heavy (non-hydrogen) atoms. The predicted octanol–water partition coefficient (Wildman–Crippen LogP) is 3.75. The van der Waals surface area contributed by atoms with Gasteiger partial charge < -0.3 is 4.74 Å². The van der Waals surface area contributed by atoms with Gasteiger partial charge in [-0.1, -0.05) is 48.0 Å². The zero-order valence-electron chi connectivity index (χ0n) is 13.1. The highest BCUT2D eigenvalue weighted by Crippen LogP contribution is 2.40. The number of Topliss-reactive ketones (excluding diaryl/α,β-unsaturated/α-hetero) is 1. The van der Waals surface area contributed by atoms with E-state index in [0.717, 1.165) is 22.3 Å². The van der Waals surface area contributed by atoms with Crippen LogP contribution >= 0.6 is 11.8 Å². The summed E-state index contributed by atoms with van der Waals surface area (Å²) in [5.41, 5.74) is 3.61. The number of ether oxygens (including phenoxy) is 1. The van der Waals surface area contributed by atoms with Crippen LogP contribution in [0.5, 0.6) is 0 Å². The van der Waals surface area contributed by atoms with E-state index in [0.29, 0.717) is 6.42 Å². The molecule has 1 heterocycles. The van der Waals surface area contributed by atoms with Crippen molar-refractivity contribution in [3.8, 4) is 0 Å². The average molecular weight is 326 g/mol. The first-order chi connectivity index (χ1) is 11.1. The molecular formula is C19H18O3S. The molecule has 0 radical (unpaired) electrons. The Morgan fingerprint density at radius 3 is 2.61 bits per heavy atom. The molecule has 1 aliphatic rings. The van der Waals surface area contributed by atoms with Crippen LogP contribution in [0.1, 0.15) is 32.3 Å². The number of aryl methyl sites for hydroxylation is 1. The lowest BCUT2D eigenvalue weighted by Crippen LogP contribution is -2.22. The molecule has 1 aliphatic heterocycles. The van der Waals surface area contributed by atoms with Gasteiger partial charge in [0.05, 0.1) is 12.4 Å². The van der Waals surface area contributed by atoms with Gasteiger partial charge in [0.1, 0.15) is 5.25 Å². The van der Waals surface area contributed by atoms with Crippen LogP contribution in [-0.2, 0) is 16.0 Å². The monoisotopic (exact) mass is 326 g/mol. The lowest BCUT2D eigenvalue weighted by Gasteiger charge is -2.17. The summed E-state index contributed by atoms with van der Waals surface area (Å²) >= 11 is 1.38. The van der Waals surface area contributed by atoms with Crippen molar-refractivity contribution in [1.29, 1.82) is 0 Å². The minimum atomic E-state index is -0.386. The first-order valence-corrected chi connectivity index (χ1v) is 8.46. The Kier molecular flexibility index (Phi) is 4.53. The van der Waals surface area contributed by atoms with Gasteiger partial charge in [0.2, 0.25) is 0 Å². The molecule has 0 aliphatic carbocycles. The third kappa shape index (κ3) is 3.17. The van der Waals surface area contributed by atoms with Crippen LogP contribution in [0.25, 0.3) is 0 Å². The second-order valence-corrected chi connectivity index (χ2v) is 6.98. The van der Waals surface area contributed by atoms with E-state index in [4.69, 9.17) is 4.74 Å². The fraction of sp³-hybridized carbons (Fsp3) is 0.263. The van der Waals surface area contributed by atoms with Gasteiger partial charge in [-0.15, -0.1) is 11.8 Å². The second kappa shape index (κ2) is 6.59. The number of fused-ring (bicyclic) bond motifs is 1. The number of esters is 1. The molecule has 2 aromatic rings. The van der Waals surface area contributed by atoms with E-state index in [-0.39, 0.29) is 22.3 Å². The van der Waals surface area contributed by atoms with E-state index in [2.05, 4.69) is 0 Å². The third-order valence-electron chi connectivity index (χ3n) is 4.04. The highest BCUT2D eigenvalue weighted by atomic mass is 32.2. The molecule has 0 amide bonds. The van der Waals surface area contributed by atoms with Crippen LogP contribution in [-0.4, -0.2) is 24.1 Å². The molecule has 0 spiro atoms. The van der Waals surface area contributed by atoms with Gasteiger partial charge in [-0.05, 0) is 30.5 Å². The zero-order valence-corrected chi connectivity index (χ0v) is 13.9. The first-order valence-electron chi connectivity index (χ1n) is 7.52. The van der Waals surface area contributed by atoms with Crippen LogP contribution in [0.4, 0.5) is 0 Å². The topological polar surface area (TPSA) is 43.4 Å². The zero-order chi connectivity index (χ0) is 16.4. The average Bonchev–Trinajstić information content (AvgIpc) is 2.72. The van der Waals surface area contributed by atoms with Crippen molar-refractivity contribution in [2.24, 2.45) is 0 Å². The Hall–Kier alpha value is -2.07. The van der Waals surface area contributed by atoms with Gasteiger partial charge in [-0.2, -0.15) is 0 Å². The number of carbonyl (C=O) groups excluding carboxylic acids is 2. The van der Waals surface area contributed by atoms with Crippen LogP contribution < -0.4 is 0 Å². The van der Waals surface area contributed by atoms with E-state index in [1.165, 1.54) is 18.9 Å². The summed E-state index contributed by atoms with van der Waals surface area (Å²) in [6.45, 7) is 1.97. The Labute approximate surface area is 140 Å². The maximum atomic E-state index is 13.1. The van der Waals surface area contributed by atoms with Crippen LogP contribution in [0.15, 0.2) is 48.5 Å². The van der Waals surface area contributed by atoms with E-state index in [9.17, 15) is 9.59 Å². The fourth-order valence-electron chi connectivity index (χ4n) is 2.84. The number of methoxy groups -OCH3 is 1. The third-order valence-corrected chi connectivity index (χ3v) is 5.49.